The van der Waals surface area contributed by atoms with E-state index in [0.29, 0.717) is 26.2 Å². The summed E-state index contributed by atoms with van der Waals surface area (Å²) in [4.78, 5) is 26.1. The molecule has 4 rings (SSSR count). The molecule has 140 valence electrons. The number of thiophene rings is 1. The van der Waals surface area contributed by atoms with Gasteiger partial charge in [-0.1, -0.05) is 47.5 Å². The Hall–Kier alpha value is -2.60. The lowest BCUT2D eigenvalue weighted by Gasteiger charge is -2.08. The van der Waals surface area contributed by atoms with E-state index in [-0.39, 0.29) is 18.2 Å². The minimum atomic E-state index is -0.228. The van der Waals surface area contributed by atoms with Crippen molar-refractivity contribution < 1.29 is 9.59 Å². The summed E-state index contributed by atoms with van der Waals surface area (Å²) in [5.41, 5.74) is 1.97. The first-order valence-electron chi connectivity index (χ1n) is 8.44. The minimum absolute atomic E-state index is 0.0464. The normalized spacial score (nSPS) is 10.9. The van der Waals surface area contributed by atoms with Gasteiger partial charge in [-0.25, -0.2) is 0 Å². The second-order valence-electron chi connectivity index (χ2n) is 6.17. The highest BCUT2D eigenvalue weighted by atomic mass is 35.5. The van der Waals surface area contributed by atoms with Crippen LogP contribution in [0.2, 0.25) is 10.0 Å². The van der Waals surface area contributed by atoms with Crippen molar-refractivity contribution in [3.8, 4) is 0 Å². The summed E-state index contributed by atoms with van der Waals surface area (Å²) >= 11 is 13.3. The number of anilines is 1. The Kier molecular flexibility index (Phi) is 5.22. The van der Waals surface area contributed by atoms with Crippen LogP contribution in [0.25, 0.3) is 10.9 Å². The van der Waals surface area contributed by atoms with Crippen LogP contribution in [0, 0.1) is 0 Å². The molecule has 0 fully saturated rings. The standard InChI is InChI=1S/C21H14Cl2N2O2S/c22-16-8-7-13(10-17(16)23)24-20(26)12-25-11-15(14-4-1-2-5-18(14)25)21(27)19-6-3-9-28-19/h1-11H,12H2,(H,24,26). The average Bonchev–Trinajstić information content (AvgIpc) is 3.33. The third kappa shape index (κ3) is 3.69. The third-order valence-corrected chi connectivity index (χ3v) is 5.90. The lowest BCUT2D eigenvalue weighted by atomic mass is 10.1. The predicted octanol–water partition coefficient (Wildman–Crippen LogP) is 5.88. The SMILES string of the molecule is O=C(Cn1cc(C(=O)c2cccs2)c2ccccc21)Nc1ccc(Cl)c(Cl)c1. The van der Waals surface area contributed by atoms with E-state index >= 15 is 0 Å². The summed E-state index contributed by atoms with van der Waals surface area (Å²) in [6.45, 7) is 0.0679. The smallest absolute Gasteiger partial charge is 0.244 e. The van der Waals surface area contributed by atoms with Crippen LogP contribution >= 0.6 is 34.5 Å². The van der Waals surface area contributed by atoms with Crippen molar-refractivity contribution in [3.05, 3.63) is 86.7 Å². The first kappa shape index (κ1) is 18.7. The van der Waals surface area contributed by atoms with Crippen molar-refractivity contribution in [2.24, 2.45) is 0 Å². The number of benzene rings is 2. The summed E-state index contributed by atoms with van der Waals surface area (Å²) in [6, 6.07) is 16.1. The fourth-order valence-electron chi connectivity index (χ4n) is 3.03. The molecule has 2 aromatic carbocycles. The molecule has 4 nitrogen and oxygen atoms in total. The maximum atomic E-state index is 12.9. The van der Waals surface area contributed by atoms with E-state index in [9.17, 15) is 9.59 Å². The molecule has 0 aliphatic rings. The Labute approximate surface area is 175 Å². The summed E-state index contributed by atoms with van der Waals surface area (Å²) in [5, 5.41) is 6.29. The molecule has 2 heterocycles. The summed E-state index contributed by atoms with van der Waals surface area (Å²) < 4.78 is 1.78. The van der Waals surface area contributed by atoms with E-state index in [1.165, 1.54) is 11.3 Å². The van der Waals surface area contributed by atoms with E-state index in [2.05, 4.69) is 5.32 Å². The molecule has 0 aliphatic heterocycles. The topological polar surface area (TPSA) is 51.1 Å². The molecule has 1 N–H and O–H groups in total. The van der Waals surface area contributed by atoms with Gasteiger partial charge < -0.3 is 9.88 Å². The molecule has 0 radical (unpaired) electrons. The summed E-state index contributed by atoms with van der Waals surface area (Å²) in [7, 11) is 0. The quantitative estimate of drug-likeness (QED) is 0.403. The molecular weight excluding hydrogens is 415 g/mol. The monoisotopic (exact) mass is 428 g/mol. The number of halogens is 2. The van der Waals surface area contributed by atoms with E-state index < -0.39 is 0 Å². The van der Waals surface area contributed by atoms with Crippen LogP contribution in [-0.2, 0) is 11.3 Å². The maximum Gasteiger partial charge on any atom is 0.244 e. The van der Waals surface area contributed by atoms with Gasteiger partial charge in [-0.15, -0.1) is 11.3 Å². The van der Waals surface area contributed by atoms with Gasteiger partial charge in [-0.3, -0.25) is 9.59 Å². The second kappa shape index (κ2) is 7.80. The van der Waals surface area contributed by atoms with Crippen molar-refractivity contribution in [2.45, 2.75) is 6.54 Å². The first-order valence-corrected chi connectivity index (χ1v) is 10.1. The van der Waals surface area contributed by atoms with Crippen LogP contribution in [0.15, 0.2) is 66.2 Å². The molecule has 1 amide bonds. The Morgan fingerprint density at radius 3 is 2.57 bits per heavy atom. The van der Waals surface area contributed by atoms with Crippen molar-refractivity contribution in [2.75, 3.05) is 5.32 Å². The minimum Gasteiger partial charge on any atom is -0.337 e. The van der Waals surface area contributed by atoms with Crippen LogP contribution in [0.3, 0.4) is 0 Å². The molecule has 7 heteroatoms. The average molecular weight is 429 g/mol. The molecule has 0 atom stereocenters. The fourth-order valence-corrected chi connectivity index (χ4v) is 4.00. The number of nitrogens with zero attached hydrogens (tertiary/aromatic N) is 1. The number of hydrogen-bond donors (Lipinski definition) is 1. The molecule has 0 saturated carbocycles. The molecule has 0 bridgehead atoms. The molecule has 0 spiro atoms. The van der Waals surface area contributed by atoms with Crippen molar-refractivity contribution >= 4 is 62.8 Å². The number of amides is 1. The summed E-state index contributed by atoms with van der Waals surface area (Å²) in [5.74, 6) is -0.274. The lowest BCUT2D eigenvalue weighted by molar-refractivity contribution is -0.116. The first-order chi connectivity index (χ1) is 13.5. The Morgan fingerprint density at radius 2 is 1.82 bits per heavy atom. The highest BCUT2D eigenvalue weighted by molar-refractivity contribution is 7.12. The van der Waals surface area contributed by atoms with Gasteiger partial charge in [0.25, 0.3) is 0 Å². The van der Waals surface area contributed by atoms with Gasteiger partial charge in [-0.05, 0) is 35.7 Å². The van der Waals surface area contributed by atoms with Crippen LogP contribution in [0.5, 0.6) is 0 Å². The number of ketones is 1. The zero-order valence-corrected chi connectivity index (χ0v) is 16.8. The van der Waals surface area contributed by atoms with Gasteiger partial charge in [0.15, 0.2) is 0 Å². The number of rotatable bonds is 5. The number of hydrogen-bond acceptors (Lipinski definition) is 3. The zero-order valence-electron chi connectivity index (χ0n) is 14.5. The number of carbonyl (C=O) groups excluding carboxylic acids is 2. The Bertz CT molecular complexity index is 1180. The van der Waals surface area contributed by atoms with Crippen LogP contribution in [0.4, 0.5) is 5.69 Å². The van der Waals surface area contributed by atoms with Gasteiger partial charge in [0.2, 0.25) is 11.7 Å². The highest BCUT2D eigenvalue weighted by Crippen LogP contribution is 2.27. The van der Waals surface area contributed by atoms with E-state index in [0.717, 1.165) is 10.9 Å². The third-order valence-electron chi connectivity index (χ3n) is 4.30. The van der Waals surface area contributed by atoms with Gasteiger partial charge in [0.05, 0.1) is 14.9 Å². The molecule has 28 heavy (non-hydrogen) atoms. The number of aromatic nitrogens is 1. The van der Waals surface area contributed by atoms with Gasteiger partial charge in [-0.2, -0.15) is 0 Å². The van der Waals surface area contributed by atoms with Gasteiger partial charge in [0, 0.05) is 28.4 Å². The molecule has 2 aromatic heterocycles. The largest absolute Gasteiger partial charge is 0.337 e. The predicted molar refractivity (Wildman–Crippen MR) is 115 cm³/mol. The van der Waals surface area contributed by atoms with E-state index in [1.54, 1.807) is 35.0 Å². The fraction of sp³-hybridized carbons (Fsp3) is 0.0476. The van der Waals surface area contributed by atoms with Crippen molar-refractivity contribution in [1.82, 2.24) is 4.57 Å². The highest BCUT2D eigenvalue weighted by Gasteiger charge is 2.18. The second-order valence-corrected chi connectivity index (χ2v) is 7.93. The zero-order chi connectivity index (χ0) is 19.7. The van der Waals surface area contributed by atoms with Crippen molar-refractivity contribution in [3.63, 3.8) is 0 Å². The Morgan fingerprint density at radius 1 is 1.00 bits per heavy atom. The van der Waals surface area contributed by atoms with Crippen LogP contribution in [-0.4, -0.2) is 16.3 Å². The van der Waals surface area contributed by atoms with Crippen molar-refractivity contribution in [1.29, 1.82) is 0 Å². The van der Waals surface area contributed by atoms with E-state index in [1.807, 2.05) is 35.7 Å². The van der Waals surface area contributed by atoms with Gasteiger partial charge >= 0.3 is 0 Å². The molecule has 0 aliphatic carbocycles. The maximum absolute atomic E-state index is 12.9. The Balaban J connectivity index is 1.62. The number of carbonyl (C=O) groups is 2. The number of nitrogens with one attached hydrogen (secondary N) is 1. The van der Waals surface area contributed by atoms with Crippen LogP contribution < -0.4 is 5.32 Å². The lowest BCUT2D eigenvalue weighted by Crippen LogP contribution is -2.18. The van der Waals surface area contributed by atoms with Gasteiger partial charge in [0.1, 0.15) is 6.54 Å². The number of fused-ring (bicyclic) bond motifs is 1. The van der Waals surface area contributed by atoms with Crippen LogP contribution in [0.1, 0.15) is 15.2 Å². The molecular formula is C21H14Cl2N2O2S. The number of para-hydroxylation sites is 1. The van der Waals surface area contributed by atoms with E-state index in [4.69, 9.17) is 23.2 Å². The summed E-state index contributed by atoms with van der Waals surface area (Å²) in [6.07, 6.45) is 1.74. The molecule has 0 unspecified atom stereocenters. The molecule has 0 saturated heterocycles. The molecule has 4 aromatic rings.